The summed E-state index contributed by atoms with van der Waals surface area (Å²) in [5.74, 6) is 2.74. The molecular formula is C16H17N3O4S. The van der Waals surface area contributed by atoms with Gasteiger partial charge in [-0.2, -0.15) is 0 Å². The molecule has 0 aromatic carbocycles. The van der Waals surface area contributed by atoms with E-state index in [2.05, 4.69) is 10.2 Å². The van der Waals surface area contributed by atoms with E-state index in [1.807, 2.05) is 23.6 Å². The van der Waals surface area contributed by atoms with E-state index < -0.39 is 5.97 Å². The molecule has 0 bridgehead atoms. The Bertz CT molecular complexity index is 836. The van der Waals surface area contributed by atoms with E-state index in [0.717, 1.165) is 11.7 Å². The van der Waals surface area contributed by atoms with E-state index in [1.165, 1.54) is 18.9 Å². The Morgan fingerprint density at radius 1 is 1.42 bits per heavy atom. The van der Waals surface area contributed by atoms with Crippen LogP contribution in [0.4, 0.5) is 0 Å². The minimum Gasteiger partial charge on any atom is -0.465 e. The molecule has 8 heteroatoms. The number of furan rings is 2. The van der Waals surface area contributed by atoms with E-state index in [0.29, 0.717) is 34.4 Å². The lowest BCUT2D eigenvalue weighted by molar-refractivity contribution is 0.0599. The zero-order valence-electron chi connectivity index (χ0n) is 13.6. The molecular weight excluding hydrogens is 330 g/mol. The van der Waals surface area contributed by atoms with Crippen LogP contribution in [0.5, 0.6) is 0 Å². The van der Waals surface area contributed by atoms with Gasteiger partial charge >= 0.3 is 5.97 Å². The van der Waals surface area contributed by atoms with Crippen LogP contribution in [0, 0.1) is 6.92 Å². The largest absolute Gasteiger partial charge is 0.465 e. The molecule has 3 aromatic rings. The molecule has 126 valence electrons. The number of aryl methyl sites for hydroxylation is 1. The molecule has 0 unspecified atom stereocenters. The molecule has 0 radical (unpaired) electrons. The fourth-order valence-corrected chi connectivity index (χ4v) is 3.22. The summed E-state index contributed by atoms with van der Waals surface area (Å²) in [7, 11) is 1.35. The summed E-state index contributed by atoms with van der Waals surface area (Å²) in [5, 5.41) is 9.18. The van der Waals surface area contributed by atoms with Crippen LogP contribution in [0.25, 0.3) is 11.6 Å². The van der Waals surface area contributed by atoms with Crippen LogP contribution in [-0.4, -0.2) is 27.8 Å². The van der Waals surface area contributed by atoms with Gasteiger partial charge in [-0.25, -0.2) is 4.79 Å². The Morgan fingerprint density at radius 3 is 2.92 bits per heavy atom. The number of carbonyl (C=O) groups is 1. The van der Waals surface area contributed by atoms with Gasteiger partial charge in [-0.1, -0.05) is 11.8 Å². The van der Waals surface area contributed by atoms with Crippen molar-refractivity contribution in [3.63, 3.8) is 0 Å². The number of hydrogen-bond acceptors (Lipinski definition) is 7. The van der Waals surface area contributed by atoms with Crippen molar-refractivity contribution < 1.29 is 18.4 Å². The SMILES string of the molecule is CCn1c(SCc2cc(C(=O)OC)c(C)o2)nnc1-c1ccco1. The molecule has 0 aliphatic rings. The first kappa shape index (κ1) is 16.4. The number of carbonyl (C=O) groups excluding carboxylic acids is 1. The van der Waals surface area contributed by atoms with Gasteiger partial charge < -0.3 is 13.6 Å². The highest BCUT2D eigenvalue weighted by molar-refractivity contribution is 7.98. The van der Waals surface area contributed by atoms with Gasteiger partial charge in [-0.15, -0.1) is 10.2 Å². The van der Waals surface area contributed by atoms with Gasteiger partial charge in [0.1, 0.15) is 17.1 Å². The number of rotatable bonds is 6. The van der Waals surface area contributed by atoms with Gasteiger partial charge in [0.15, 0.2) is 16.7 Å². The van der Waals surface area contributed by atoms with Gasteiger partial charge in [0.25, 0.3) is 0 Å². The van der Waals surface area contributed by atoms with Crippen molar-refractivity contribution in [2.45, 2.75) is 31.3 Å². The van der Waals surface area contributed by atoms with Crippen molar-refractivity contribution in [3.8, 4) is 11.6 Å². The molecule has 0 N–H and O–H groups in total. The van der Waals surface area contributed by atoms with Crippen LogP contribution in [0.3, 0.4) is 0 Å². The van der Waals surface area contributed by atoms with Crippen molar-refractivity contribution in [1.82, 2.24) is 14.8 Å². The summed E-state index contributed by atoms with van der Waals surface area (Å²) in [6, 6.07) is 5.37. The maximum atomic E-state index is 11.6. The standard InChI is InChI=1S/C16H17N3O4S/c1-4-19-14(13-6-5-7-22-13)17-18-16(19)24-9-11-8-12(10(2)23-11)15(20)21-3/h5-8H,4,9H2,1-3H3. The summed E-state index contributed by atoms with van der Waals surface area (Å²) in [6.07, 6.45) is 1.61. The molecule has 3 rings (SSSR count). The number of esters is 1. The molecule has 0 spiro atoms. The summed E-state index contributed by atoms with van der Waals surface area (Å²) in [6.45, 7) is 4.48. The third kappa shape index (κ3) is 3.09. The van der Waals surface area contributed by atoms with Gasteiger partial charge in [0.2, 0.25) is 0 Å². The number of ether oxygens (including phenoxy) is 1. The normalized spacial score (nSPS) is 11.0. The molecule has 7 nitrogen and oxygen atoms in total. The predicted molar refractivity (Wildman–Crippen MR) is 87.7 cm³/mol. The van der Waals surface area contributed by atoms with E-state index in [4.69, 9.17) is 13.6 Å². The number of thioether (sulfide) groups is 1. The second kappa shape index (κ2) is 6.96. The number of nitrogens with zero attached hydrogens (tertiary/aromatic N) is 3. The van der Waals surface area contributed by atoms with Crippen LogP contribution in [-0.2, 0) is 17.0 Å². The molecule has 0 fully saturated rings. The minimum absolute atomic E-state index is 0.399. The topological polar surface area (TPSA) is 83.3 Å². The Labute approximate surface area is 143 Å². The van der Waals surface area contributed by atoms with E-state index >= 15 is 0 Å². The minimum atomic E-state index is -0.399. The Balaban J connectivity index is 1.77. The zero-order valence-corrected chi connectivity index (χ0v) is 14.4. The fraction of sp³-hybridized carbons (Fsp3) is 0.312. The lowest BCUT2D eigenvalue weighted by atomic mass is 10.2. The van der Waals surface area contributed by atoms with Crippen molar-refractivity contribution >= 4 is 17.7 Å². The average Bonchev–Trinajstić information content (AvgIpc) is 3.30. The molecule has 24 heavy (non-hydrogen) atoms. The third-order valence-electron chi connectivity index (χ3n) is 3.49. The number of hydrogen-bond donors (Lipinski definition) is 0. The summed E-state index contributed by atoms with van der Waals surface area (Å²) < 4.78 is 17.7. The van der Waals surface area contributed by atoms with E-state index in [1.54, 1.807) is 19.3 Å². The van der Waals surface area contributed by atoms with Gasteiger partial charge in [-0.3, -0.25) is 4.57 Å². The highest BCUT2D eigenvalue weighted by Crippen LogP contribution is 2.28. The first-order valence-electron chi connectivity index (χ1n) is 7.41. The van der Waals surface area contributed by atoms with Crippen molar-refractivity contribution in [2.24, 2.45) is 0 Å². The fourth-order valence-electron chi connectivity index (χ4n) is 2.33. The average molecular weight is 347 g/mol. The first-order chi connectivity index (χ1) is 11.6. The predicted octanol–water partition coefficient (Wildman–Crippen LogP) is 3.54. The second-order valence-electron chi connectivity index (χ2n) is 4.99. The summed E-state index contributed by atoms with van der Waals surface area (Å²) >= 11 is 1.49. The van der Waals surface area contributed by atoms with E-state index in [-0.39, 0.29) is 0 Å². The van der Waals surface area contributed by atoms with E-state index in [9.17, 15) is 4.79 Å². The van der Waals surface area contributed by atoms with Crippen molar-refractivity contribution in [3.05, 3.63) is 41.5 Å². The van der Waals surface area contributed by atoms with Crippen LogP contribution in [0.15, 0.2) is 38.5 Å². The quantitative estimate of drug-likeness (QED) is 0.498. The van der Waals surface area contributed by atoms with Gasteiger partial charge in [0.05, 0.1) is 19.1 Å². The highest BCUT2D eigenvalue weighted by Gasteiger charge is 2.18. The van der Waals surface area contributed by atoms with Gasteiger partial charge in [-0.05, 0) is 32.0 Å². The molecule has 3 heterocycles. The molecule has 3 aromatic heterocycles. The monoisotopic (exact) mass is 347 g/mol. The smallest absolute Gasteiger partial charge is 0.341 e. The lowest BCUT2D eigenvalue weighted by Crippen LogP contribution is -2.00. The van der Waals surface area contributed by atoms with Crippen LogP contribution >= 0.6 is 11.8 Å². The number of methoxy groups -OCH3 is 1. The second-order valence-corrected chi connectivity index (χ2v) is 5.93. The van der Waals surface area contributed by atoms with Crippen molar-refractivity contribution in [2.75, 3.05) is 7.11 Å². The molecule has 0 atom stereocenters. The highest BCUT2D eigenvalue weighted by atomic mass is 32.2. The lowest BCUT2D eigenvalue weighted by Gasteiger charge is -2.04. The summed E-state index contributed by atoms with van der Waals surface area (Å²) in [5.41, 5.74) is 0.446. The zero-order chi connectivity index (χ0) is 17.1. The maximum absolute atomic E-state index is 11.6. The third-order valence-corrected chi connectivity index (χ3v) is 4.48. The van der Waals surface area contributed by atoms with Crippen molar-refractivity contribution in [1.29, 1.82) is 0 Å². The Hall–Kier alpha value is -2.48. The maximum Gasteiger partial charge on any atom is 0.341 e. The molecule has 0 saturated heterocycles. The first-order valence-corrected chi connectivity index (χ1v) is 8.40. The van der Waals surface area contributed by atoms with Crippen LogP contribution < -0.4 is 0 Å². The van der Waals surface area contributed by atoms with Gasteiger partial charge in [0, 0.05) is 6.54 Å². The Kier molecular flexibility index (Phi) is 4.75. The number of aromatic nitrogens is 3. The Morgan fingerprint density at radius 2 is 2.25 bits per heavy atom. The van der Waals surface area contributed by atoms with Crippen LogP contribution in [0.1, 0.15) is 28.8 Å². The molecule has 0 saturated carbocycles. The molecule has 0 amide bonds. The molecule has 0 aliphatic carbocycles. The molecule has 0 aliphatic heterocycles. The summed E-state index contributed by atoms with van der Waals surface area (Å²) in [4.78, 5) is 11.6. The van der Waals surface area contributed by atoms with Crippen LogP contribution in [0.2, 0.25) is 0 Å².